The Morgan fingerprint density at radius 1 is 1.00 bits per heavy atom. The zero-order chi connectivity index (χ0) is 20.1. The molecular formula is C22H23NO3S2. The van der Waals surface area contributed by atoms with Gasteiger partial charge in [-0.3, -0.25) is 9.69 Å². The molecule has 1 amide bonds. The lowest BCUT2D eigenvalue weighted by atomic mass is 10.1. The van der Waals surface area contributed by atoms with Crippen molar-refractivity contribution in [2.24, 2.45) is 0 Å². The van der Waals surface area contributed by atoms with Crippen molar-refractivity contribution in [3.8, 4) is 11.5 Å². The third-order valence-corrected chi connectivity index (χ3v) is 5.56. The number of hydrogen-bond donors (Lipinski definition) is 0. The van der Waals surface area contributed by atoms with Crippen LogP contribution in [0.3, 0.4) is 0 Å². The van der Waals surface area contributed by atoms with Gasteiger partial charge in [-0.25, -0.2) is 0 Å². The first-order valence-electron chi connectivity index (χ1n) is 9.15. The van der Waals surface area contributed by atoms with Gasteiger partial charge in [0.2, 0.25) is 0 Å². The minimum Gasteiger partial charge on any atom is -0.490 e. The Morgan fingerprint density at radius 2 is 1.61 bits per heavy atom. The molecule has 2 aromatic carbocycles. The predicted molar refractivity (Wildman–Crippen MR) is 119 cm³/mol. The summed E-state index contributed by atoms with van der Waals surface area (Å²) >= 11 is 6.58. The van der Waals surface area contributed by atoms with Crippen molar-refractivity contribution in [1.82, 2.24) is 4.90 Å². The van der Waals surface area contributed by atoms with Gasteiger partial charge in [-0.1, -0.05) is 42.2 Å². The van der Waals surface area contributed by atoms with E-state index < -0.39 is 0 Å². The Bertz CT molecular complexity index is 886. The largest absolute Gasteiger partial charge is 0.490 e. The molecule has 4 nitrogen and oxygen atoms in total. The lowest BCUT2D eigenvalue weighted by Gasteiger charge is -2.10. The zero-order valence-corrected chi connectivity index (χ0v) is 17.9. The van der Waals surface area contributed by atoms with Gasteiger partial charge >= 0.3 is 0 Å². The van der Waals surface area contributed by atoms with Gasteiger partial charge in [0.25, 0.3) is 5.91 Å². The maximum absolute atomic E-state index is 12.3. The monoisotopic (exact) mass is 413 g/mol. The minimum atomic E-state index is -0.0265. The number of likely N-dealkylation sites (N-methyl/N-ethyl adjacent to an activating group) is 1. The fourth-order valence-corrected chi connectivity index (χ4v) is 4.30. The molecule has 1 aliphatic heterocycles. The molecule has 1 saturated heterocycles. The van der Waals surface area contributed by atoms with Crippen molar-refractivity contribution >= 4 is 40.3 Å². The van der Waals surface area contributed by atoms with Crippen LogP contribution in [0.25, 0.3) is 6.08 Å². The van der Waals surface area contributed by atoms with E-state index in [0.717, 1.165) is 17.1 Å². The highest BCUT2D eigenvalue weighted by molar-refractivity contribution is 8.26. The zero-order valence-electron chi connectivity index (χ0n) is 16.2. The lowest BCUT2D eigenvalue weighted by Crippen LogP contribution is -2.27. The molecule has 1 heterocycles. The number of ether oxygens (including phenoxy) is 2. The average Bonchev–Trinajstić information content (AvgIpc) is 2.92. The molecule has 6 heteroatoms. The van der Waals surface area contributed by atoms with Crippen LogP contribution in [0.15, 0.2) is 47.4 Å². The van der Waals surface area contributed by atoms with E-state index >= 15 is 0 Å². The first-order valence-corrected chi connectivity index (χ1v) is 10.4. The van der Waals surface area contributed by atoms with Crippen molar-refractivity contribution in [2.45, 2.75) is 20.8 Å². The molecule has 0 radical (unpaired) electrons. The summed E-state index contributed by atoms with van der Waals surface area (Å²) in [6.45, 7) is 7.56. The van der Waals surface area contributed by atoms with Crippen molar-refractivity contribution in [2.75, 3.05) is 19.8 Å². The predicted octanol–water partition coefficient (Wildman–Crippen LogP) is 4.98. The third kappa shape index (κ3) is 5.14. The second kappa shape index (κ2) is 9.26. The van der Waals surface area contributed by atoms with Gasteiger partial charge in [0.05, 0.1) is 4.91 Å². The molecule has 28 heavy (non-hydrogen) atoms. The Kier molecular flexibility index (Phi) is 6.75. The molecule has 3 rings (SSSR count). The van der Waals surface area contributed by atoms with Crippen LogP contribution < -0.4 is 9.47 Å². The number of thioether (sulfide) groups is 1. The highest BCUT2D eigenvalue weighted by atomic mass is 32.2. The van der Waals surface area contributed by atoms with Gasteiger partial charge in [0.15, 0.2) is 0 Å². The van der Waals surface area contributed by atoms with Gasteiger partial charge < -0.3 is 9.47 Å². The summed E-state index contributed by atoms with van der Waals surface area (Å²) in [5, 5.41) is 0. The van der Waals surface area contributed by atoms with E-state index in [1.165, 1.54) is 22.9 Å². The number of benzene rings is 2. The van der Waals surface area contributed by atoms with E-state index in [2.05, 4.69) is 19.9 Å². The van der Waals surface area contributed by atoms with Crippen molar-refractivity contribution in [3.05, 3.63) is 64.1 Å². The average molecular weight is 414 g/mol. The number of thiocarbonyl (C=S) groups is 1. The quantitative estimate of drug-likeness (QED) is 0.364. The summed E-state index contributed by atoms with van der Waals surface area (Å²) in [6, 6.07) is 13.8. The second-order valence-electron chi connectivity index (χ2n) is 6.52. The number of amides is 1. The highest BCUT2D eigenvalue weighted by Gasteiger charge is 2.30. The normalized spacial score (nSPS) is 15.4. The molecule has 0 bridgehead atoms. The maximum Gasteiger partial charge on any atom is 0.266 e. The maximum atomic E-state index is 12.3. The number of rotatable bonds is 7. The lowest BCUT2D eigenvalue weighted by molar-refractivity contribution is -0.121. The topological polar surface area (TPSA) is 38.8 Å². The van der Waals surface area contributed by atoms with Crippen LogP contribution in [0, 0.1) is 13.8 Å². The molecule has 0 saturated carbocycles. The Hall–Kier alpha value is -2.31. The van der Waals surface area contributed by atoms with Gasteiger partial charge in [-0.2, -0.15) is 0 Å². The summed E-state index contributed by atoms with van der Waals surface area (Å²) in [7, 11) is 0. The Labute approximate surface area is 175 Å². The standard InChI is InChI=1S/C22H23NO3S2/c1-4-23-21(24)20(28-22(23)27)14-17-5-7-18(8-6-17)25-9-10-26-19-12-15(2)11-16(3)13-19/h5-8,11-14H,4,9-10H2,1-3H3/b20-14-. The molecular weight excluding hydrogens is 390 g/mol. The summed E-state index contributed by atoms with van der Waals surface area (Å²) < 4.78 is 12.1. The molecule has 0 N–H and O–H groups in total. The third-order valence-electron chi connectivity index (χ3n) is 4.18. The van der Waals surface area contributed by atoms with Crippen LogP contribution in [0.1, 0.15) is 23.6 Å². The minimum absolute atomic E-state index is 0.0265. The molecule has 0 atom stereocenters. The molecule has 1 fully saturated rings. The van der Waals surface area contributed by atoms with Crippen LogP contribution in [0.2, 0.25) is 0 Å². The summed E-state index contributed by atoms with van der Waals surface area (Å²) in [5.41, 5.74) is 3.31. The fraction of sp³-hybridized carbons (Fsp3) is 0.273. The van der Waals surface area contributed by atoms with Crippen LogP contribution in [-0.4, -0.2) is 34.9 Å². The molecule has 2 aromatic rings. The Morgan fingerprint density at radius 3 is 2.18 bits per heavy atom. The second-order valence-corrected chi connectivity index (χ2v) is 8.19. The van der Waals surface area contributed by atoms with E-state index in [1.807, 2.05) is 49.4 Å². The van der Waals surface area contributed by atoms with Gasteiger partial charge in [0, 0.05) is 6.54 Å². The number of carbonyl (C=O) groups excluding carboxylic acids is 1. The van der Waals surface area contributed by atoms with E-state index in [1.54, 1.807) is 4.90 Å². The van der Waals surface area contributed by atoms with Crippen LogP contribution >= 0.6 is 24.0 Å². The molecule has 0 spiro atoms. The SMILES string of the molecule is CCN1C(=O)/C(=C/c2ccc(OCCOc3cc(C)cc(C)c3)cc2)SC1=S. The first-order chi connectivity index (χ1) is 13.5. The van der Waals surface area contributed by atoms with Crippen molar-refractivity contribution in [3.63, 3.8) is 0 Å². The molecule has 0 aliphatic carbocycles. The fourth-order valence-electron chi connectivity index (χ4n) is 2.92. The Balaban J connectivity index is 1.51. The van der Waals surface area contributed by atoms with Crippen LogP contribution in [0.5, 0.6) is 11.5 Å². The molecule has 0 aromatic heterocycles. The summed E-state index contributed by atoms with van der Waals surface area (Å²) in [4.78, 5) is 14.5. The van der Waals surface area contributed by atoms with Crippen molar-refractivity contribution < 1.29 is 14.3 Å². The summed E-state index contributed by atoms with van der Waals surface area (Å²) in [6.07, 6.45) is 1.86. The van der Waals surface area contributed by atoms with Crippen molar-refractivity contribution in [1.29, 1.82) is 0 Å². The smallest absolute Gasteiger partial charge is 0.266 e. The van der Waals surface area contributed by atoms with Gasteiger partial charge in [-0.15, -0.1) is 0 Å². The van der Waals surface area contributed by atoms with Gasteiger partial charge in [0.1, 0.15) is 29.0 Å². The van der Waals surface area contributed by atoms with E-state index in [4.69, 9.17) is 21.7 Å². The van der Waals surface area contributed by atoms with E-state index in [0.29, 0.717) is 29.0 Å². The number of hydrogen-bond acceptors (Lipinski definition) is 5. The van der Waals surface area contributed by atoms with Crippen LogP contribution in [0.4, 0.5) is 0 Å². The number of nitrogens with zero attached hydrogens (tertiary/aromatic N) is 1. The number of carbonyl (C=O) groups is 1. The van der Waals surface area contributed by atoms with E-state index in [-0.39, 0.29) is 5.91 Å². The number of aryl methyl sites for hydroxylation is 2. The summed E-state index contributed by atoms with van der Waals surface area (Å²) in [5.74, 6) is 1.60. The molecule has 146 valence electrons. The molecule has 0 unspecified atom stereocenters. The van der Waals surface area contributed by atoms with Gasteiger partial charge in [-0.05, 0) is 67.8 Å². The highest BCUT2D eigenvalue weighted by Crippen LogP contribution is 2.32. The molecule has 1 aliphatic rings. The van der Waals surface area contributed by atoms with E-state index in [9.17, 15) is 4.79 Å². The first kappa shape index (κ1) is 20.4. The van der Waals surface area contributed by atoms with Crippen LogP contribution in [-0.2, 0) is 4.79 Å².